The van der Waals surface area contributed by atoms with Crippen molar-refractivity contribution in [3.63, 3.8) is 0 Å². The van der Waals surface area contributed by atoms with Gasteiger partial charge in [0.2, 0.25) is 0 Å². The van der Waals surface area contributed by atoms with E-state index in [4.69, 9.17) is 0 Å². The second-order valence-electron chi connectivity index (χ2n) is 8.45. The van der Waals surface area contributed by atoms with Crippen LogP contribution in [0.5, 0.6) is 0 Å². The molecule has 3 aliphatic rings. The van der Waals surface area contributed by atoms with Gasteiger partial charge in [-0.3, -0.25) is 0 Å². The fourth-order valence-corrected chi connectivity index (χ4v) is 6.86. The third kappa shape index (κ3) is 1.86. The molecule has 8 atom stereocenters. The fourth-order valence-electron chi connectivity index (χ4n) is 6.86. The van der Waals surface area contributed by atoms with Crippen LogP contribution in [0.4, 0.5) is 0 Å². The van der Waals surface area contributed by atoms with E-state index in [1.54, 1.807) is 12.8 Å². The van der Waals surface area contributed by atoms with Gasteiger partial charge in [0.1, 0.15) is 0 Å². The van der Waals surface area contributed by atoms with E-state index >= 15 is 0 Å². The maximum atomic E-state index is 2.60. The maximum absolute atomic E-state index is 2.60. The van der Waals surface area contributed by atoms with Crippen LogP contribution in [0.25, 0.3) is 0 Å². The molecule has 0 aromatic carbocycles. The van der Waals surface area contributed by atoms with Crippen molar-refractivity contribution in [2.24, 2.45) is 53.3 Å². The molecule has 0 heterocycles. The van der Waals surface area contributed by atoms with E-state index in [1.807, 2.05) is 0 Å². The SMILES string of the molecule is CC1CC(C)C2C(C)C3C(C)CC(C)CC3C2C1. The Morgan fingerprint density at radius 2 is 0.944 bits per heavy atom. The Hall–Kier alpha value is 0. The van der Waals surface area contributed by atoms with E-state index in [0.717, 1.165) is 53.3 Å². The molecule has 104 valence electrons. The Bertz CT molecular complexity index is 277. The van der Waals surface area contributed by atoms with Crippen LogP contribution in [0.15, 0.2) is 0 Å². The molecule has 18 heavy (non-hydrogen) atoms. The van der Waals surface area contributed by atoms with Crippen molar-refractivity contribution < 1.29 is 0 Å². The van der Waals surface area contributed by atoms with Crippen molar-refractivity contribution in [3.05, 3.63) is 0 Å². The van der Waals surface area contributed by atoms with Gasteiger partial charge in [0.25, 0.3) is 0 Å². The third-order valence-electron chi connectivity index (χ3n) is 6.96. The molecule has 0 nitrogen and oxygen atoms in total. The lowest BCUT2D eigenvalue weighted by atomic mass is 9.64. The van der Waals surface area contributed by atoms with Crippen LogP contribution in [0.3, 0.4) is 0 Å². The second kappa shape index (κ2) is 4.53. The molecule has 0 aliphatic heterocycles. The number of fused-ring (bicyclic) bond motifs is 3. The Balaban J connectivity index is 1.89. The standard InChI is InChI=1S/C18H32/c1-10-6-12(3)17-14(5)18-13(4)7-11(2)9-16(18)15(17)8-10/h10-18H,6-9H2,1-5H3. The van der Waals surface area contributed by atoms with E-state index in [2.05, 4.69) is 34.6 Å². The molecule has 0 radical (unpaired) electrons. The van der Waals surface area contributed by atoms with Gasteiger partial charge in [0, 0.05) is 0 Å². The molecular weight excluding hydrogens is 216 g/mol. The Morgan fingerprint density at radius 3 is 1.33 bits per heavy atom. The first kappa shape index (κ1) is 13.0. The Morgan fingerprint density at radius 1 is 0.556 bits per heavy atom. The van der Waals surface area contributed by atoms with Gasteiger partial charge in [-0.05, 0) is 78.9 Å². The first-order chi connectivity index (χ1) is 8.49. The molecule has 0 saturated heterocycles. The summed E-state index contributed by atoms with van der Waals surface area (Å²) in [6, 6.07) is 0. The van der Waals surface area contributed by atoms with Crippen LogP contribution in [0, 0.1) is 53.3 Å². The van der Waals surface area contributed by atoms with Gasteiger partial charge in [-0.1, -0.05) is 34.6 Å². The van der Waals surface area contributed by atoms with Crippen LogP contribution in [0.1, 0.15) is 60.3 Å². The fraction of sp³-hybridized carbons (Fsp3) is 1.00. The highest BCUT2D eigenvalue weighted by Crippen LogP contribution is 2.61. The van der Waals surface area contributed by atoms with Crippen LogP contribution < -0.4 is 0 Å². The van der Waals surface area contributed by atoms with E-state index < -0.39 is 0 Å². The molecule has 3 rings (SSSR count). The highest BCUT2D eigenvalue weighted by Gasteiger charge is 2.54. The first-order valence-corrected chi connectivity index (χ1v) is 8.49. The predicted octanol–water partition coefficient (Wildman–Crippen LogP) is 5.23. The zero-order chi connectivity index (χ0) is 13.0. The lowest BCUT2D eigenvalue weighted by Crippen LogP contribution is -2.33. The summed E-state index contributed by atoms with van der Waals surface area (Å²) < 4.78 is 0. The minimum atomic E-state index is 0.986. The maximum Gasteiger partial charge on any atom is -0.0328 e. The average Bonchev–Trinajstić information content (AvgIpc) is 2.52. The summed E-state index contributed by atoms with van der Waals surface area (Å²) in [7, 11) is 0. The minimum Gasteiger partial charge on any atom is -0.0625 e. The molecule has 3 fully saturated rings. The molecule has 0 aromatic rings. The Kier molecular flexibility index (Phi) is 3.27. The van der Waals surface area contributed by atoms with Crippen LogP contribution in [-0.2, 0) is 0 Å². The molecule has 3 aliphatic carbocycles. The van der Waals surface area contributed by atoms with Gasteiger partial charge in [-0.15, -0.1) is 0 Å². The van der Waals surface area contributed by atoms with Gasteiger partial charge < -0.3 is 0 Å². The second-order valence-corrected chi connectivity index (χ2v) is 8.45. The number of hydrogen-bond acceptors (Lipinski definition) is 0. The summed E-state index contributed by atoms with van der Waals surface area (Å²) in [6.07, 6.45) is 6.07. The number of hydrogen-bond donors (Lipinski definition) is 0. The van der Waals surface area contributed by atoms with E-state index in [-0.39, 0.29) is 0 Å². The summed E-state index contributed by atoms with van der Waals surface area (Å²) in [5.74, 6) is 9.23. The average molecular weight is 248 g/mol. The highest BCUT2D eigenvalue weighted by molar-refractivity contribution is 5.03. The summed E-state index contributed by atoms with van der Waals surface area (Å²) >= 11 is 0. The van der Waals surface area contributed by atoms with Crippen molar-refractivity contribution in [3.8, 4) is 0 Å². The van der Waals surface area contributed by atoms with Gasteiger partial charge in [0.15, 0.2) is 0 Å². The molecule has 3 saturated carbocycles. The van der Waals surface area contributed by atoms with Gasteiger partial charge in [0.05, 0.1) is 0 Å². The predicted molar refractivity (Wildman–Crippen MR) is 78.2 cm³/mol. The summed E-state index contributed by atoms with van der Waals surface area (Å²) in [5.41, 5.74) is 0. The van der Waals surface area contributed by atoms with Crippen LogP contribution in [-0.4, -0.2) is 0 Å². The monoisotopic (exact) mass is 248 g/mol. The molecule has 0 heteroatoms. The molecule has 0 N–H and O–H groups in total. The topological polar surface area (TPSA) is 0 Å². The summed E-state index contributed by atoms with van der Waals surface area (Å²) in [4.78, 5) is 0. The molecule has 0 spiro atoms. The lowest BCUT2D eigenvalue weighted by molar-refractivity contribution is 0.0850. The molecular formula is C18H32. The normalized spacial score (nSPS) is 60.2. The van der Waals surface area contributed by atoms with Crippen molar-refractivity contribution in [2.45, 2.75) is 60.3 Å². The van der Waals surface area contributed by atoms with Crippen LogP contribution >= 0.6 is 0 Å². The lowest BCUT2D eigenvalue weighted by Gasteiger charge is -2.41. The molecule has 0 aromatic heterocycles. The number of rotatable bonds is 0. The van der Waals surface area contributed by atoms with Gasteiger partial charge in [-0.2, -0.15) is 0 Å². The zero-order valence-corrected chi connectivity index (χ0v) is 13.0. The zero-order valence-electron chi connectivity index (χ0n) is 13.0. The smallest absolute Gasteiger partial charge is 0.0328 e. The first-order valence-electron chi connectivity index (χ1n) is 8.49. The van der Waals surface area contributed by atoms with Crippen molar-refractivity contribution in [1.82, 2.24) is 0 Å². The summed E-state index contributed by atoms with van der Waals surface area (Å²) in [5, 5.41) is 0. The quantitative estimate of drug-likeness (QED) is 0.550. The largest absolute Gasteiger partial charge is 0.0625 e. The third-order valence-corrected chi connectivity index (χ3v) is 6.96. The van der Waals surface area contributed by atoms with Crippen molar-refractivity contribution in [2.75, 3.05) is 0 Å². The summed E-state index contributed by atoms with van der Waals surface area (Å²) in [6.45, 7) is 12.7. The molecule has 8 unspecified atom stereocenters. The minimum absolute atomic E-state index is 0.986. The Labute approximate surface area is 114 Å². The van der Waals surface area contributed by atoms with E-state index in [9.17, 15) is 0 Å². The molecule has 0 bridgehead atoms. The van der Waals surface area contributed by atoms with Gasteiger partial charge in [-0.25, -0.2) is 0 Å². The van der Waals surface area contributed by atoms with E-state index in [0.29, 0.717) is 0 Å². The highest BCUT2D eigenvalue weighted by atomic mass is 14.6. The van der Waals surface area contributed by atoms with Crippen LogP contribution in [0.2, 0.25) is 0 Å². The molecule has 0 amide bonds. The van der Waals surface area contributed by atoms with E-state index in [1.165, 1.54) is 12.8 Å². The van der Waals surface area contributed by atoms with Gasteiger partial charge >= 0.3 is 0 Å². The van der Waals surface area contributed by atoms with Crippen molar-refractivity contribution >= 4 is 0 Å². The van der Waals surface area contributed by atoms with Crippen molar-refractivity contribution in [1.29, 1.82) is 0 Å².